The van der Waals surface area contributed by atoms with Crippen molar-refractivity contribution in [1.82, 2.24) is 0 Å². The lowest BCUT2D eigenvalue weighted by Crippen LogP contribution is -2.33. The molecule has 0 aromatic carbocycles. The van der Waals surface area contributed by atoms with Gasteiger partial charge in [0.05, 0.1) is 27.7 Å². The fourth-order valence-electron chi connectivity index (χ4n) is 1.84. The first kappa shape index (κ1) is 26.7. The van der Waals surface area contributed by atoms with Crippen LogP contribution in [0.1, 0.15) is 78.1 Å². The van der Waals surface area contributed by atoms with Gasteiger partial charge in [-0.1, -0.05) is 58.3 Å². The van der Waals surface area contributed by atoms with E-state index in [1.165, 1.54) is 45.1 Å². The second-order valence-electron chi connectivity index (χ2n) is 7.39. The molecule has 0 amide bonds. The number of Topliss-reactive ketones (excluding diaryl/α,β-unsaturated/α-hetero) is 1. The van der Waals surface area contributed by atoms with Crippen LogP contribution in [0, 0.1) is 0 Å². The zero-order valence-corrected chi connectivity index (χ0v) is 17.7. The molecule has 0 aliphatic heterocycles. The molecule has 6 nitrogen and oxygen atoms in total. The molecule has 0 rings (SSSR count). The summed E-state index contributed by atoms with van der Waals surface area (Å²) in [6.45, 7) is 4.96. The average molecular weight is 382 g/mol. The van der Waals surface area contributed by atoms with Gasteiger partial charge in [-0.05, 0) is 13.3 Å². The summed E-state index contributed by atoms with van der Waals surface area (Å²) in [6, 6.07) is 0. The summed E-state index contributed by atoms with van der Waals surface area (Å²) < 4.78 is 35.3. The first-order valence-electron chi connectivity index (χ1n) is 9.44. The summed E-state index contributed by atoms with van der Waals surface area (Å²) in [6.07, 6.45) is 10.6. The minimum atomic E-state index is -4.74. The van der Waals surface area contributed by atoms with Crippen LogP contribution < -0.4 is 0 Å². The lowest BCUT2D eigenvalue weighted by Gasteiger charge is -2.20. The standard InChI is InChI=1S/C13H26O5S.C5H14N/c1-2-3-4-5-6-7-8-9-10-11-13(14)12-18-19(15,16)17;1-5-6(2,3)4/h2-12H2,1H3,(H,15,16,17);5H2,1-4H3/q;+1/p-1. The molecule has 0 N–H and O–H groups in total. The topological polar surface area (TPSA) is 83.5 Å². The Hall–Kier alpha value is -0.500. The minimum Gasteiger partial charge on any atom is -0.726 e. The summed E-state index contributed by atoms with van der Waals surface area (Å²) in [7, 11) is 1.80. The molecule has 0 aromatic rings. The molecule has 152 valence electrons. The van der Waals surface area contributed by atoms with Gasteiger partial charge in [-0.2, -0.15) is 0 Å². The Morgan fingerprint density at radius 3 is 1.64 bits per heavy atom. The highest BCUT2D eigenvalue weighted by Crippen LogP contribution is 2.10. The van der Waals surface area contributed by atoms with Crippen LogP contribution in [0.3, 0.4) is 0 Å². The summed E-state index contributed by atoms with van der Waals surface area (Å²) >= 11 is 0. The smallest absolute Gasteiger partial charge is 0.218 e. The number of hydrogen-bond acceptors (Lipinski definition) is 5. The molecule has 0 spiro atoms. The molecule has 0 heterocycles. The fraction of sp³-hybridized carbons (Fsp3) is 0.944. The van der Waals surface area contributed by atoms with E-state index in [4.69, 9.17) is 0 Å². The van der Waals surface area contributed by atoms with Gasteiger partial charge < -0.3 is 9.04 Å². The molecule has 0 bridgehead atoms. The summed E-state index contributed by atoms with van der Waals surface area (Å²) in [4.78, 5) is 11.2. The molecule has 0 radical (unpaired) electrons. The van der Waals surface area contributed by atoms with E-state index < -0.39 is 17.0 Å². The second-order valence-corrected chi connectivity index (χ2v) is 8.45. The number of ketones is 1. The molecule has 0 saturated carbocycles. The van der Waals surface area contributed by atoms with Crippen molar-refractivity contribution in [2.45, 2.75) is 78.1 Å². The van der Waals surface area contributed by atoms with Crippen molar-refractivity contribution < 1.29 is 26.4 Å². The van der Waals surface area contributed by atoms with Crippen molar-refractivity contribution >= 4 is 16.2 Å². The van der Waals surface area contributed by atoms with E-state index in [1.54, 1.807) is 0 Å². The van der Waals surface area contributed by atoms with Gasteiger partial charge in [0.2, 0.25) is 10.4 Å². The Kier molecular flexibility index (Phi) is 16.8. The van der Waals surface area contributed by atoms with E-state index in [1.807, 2.05) is 0 Å². The van der Waals surface area contributed by atoms with Crippen LogP contribution in [0.25, 0.3) is 0 Å². The SMILES string of the molecule is CCCCCCCCCCCC(=O)COS(=O)(=O)[O-].CC[N+](C)(C)C. The molecular weight excluding hydrogens is 342 g/mol. The number of nitrogens with zero attached hydrogens (tertiary/aromatic N) is 1. The van der Waals surface area contributed by atoms with Crippen LogP contribution in [0.15, 0.2) is 0 Å². The summed E-state index contributed by atoms with van der Waals surface area (Å²) in [5, 5.41) is 0. The maximum Gasteiger partial charge on any atom is 0.218 e. The van der Waals surface area contributed by atoms with Gasteiger partial charge in [-0.25, -0.2) is 8.42 Å². The van der Waals surface area contributed by atoms with Crippen LogP contribution >= 0.6 is 0 Å². The van der Waals surface area contributed by atoms with Crippen molar-refractivity contribution in [2.75, 3.05) is 34.3 Å². The van der Waals surface area contributed by atoms with Crippen LogP contribution in [-0.4, -0.2) is 57.5 Å². The Morgan fingerprint density at radius 2 is 1.28 bits per heavy atom. The van der Waals surface area contributed by atoms with Crippen molar-refractivity contribution in [3.63, 3.8) is 0 Å². The highest BCUT2D eigenvalue weighted by Gasteiger charge is 2.04. The van der Waals surface area contributed by atoms with Gasteiger partial charge in [-0.15, -0.1) is 0 Å². The minimum absolute atomic E-state index is 0.283. The largest absolute Gasteiger partial charge is 0.726 e. The Bertz CT molecular complexity index is 416. The Balaban J connectivity index is 0. The molecule has 0 aromatic heterocycles. The molecule has 0 fully saturated rings. The molecule has 0 aliphatic rings. The normalized spacial score (nSPS) is 11.8. The van der Waals surface area contributed by atoms with Crippen molar-refractivity contribution in [1.29, 1.82) is 0 Å². The lowest BCUT2D eigenvalue weighted by atomic mass is 10.1. The molecule has 0 aliphatic carbocycles. The van der Waals surface area contributed by atoms with Gasteiger partial charge in [0, 0.05) is 6.42 Å². The molecule has 0 saturated heterocycles. The summed E-state index contributed by atoms with van der Waals surface area (Å²) in [5.74, 6) is -0.331. The van der Waals surface area contributed by atoms with Crippen molar-refractivity contribution in [2.24, 2.45) is 0 Å². The number of carbonyl (C=O) groups is 1. The average Bonchev–Trinajstić information content (AvgIpc) is 2.50. The zero-order chi connectivity index (χ0) is 19.8. The van der Waals surface area contributed by atoms with E-state index >= 15 is 0 Å². The predicted molar refractivity (Wildman–Crippen MR) is 101 cm³/mol. The molecule has 0 atom stereocenters. The highest BCUT2D eigenvalue weighted by atomic mass is 32.3. The van der Waals surface area contributed by atoms with Gasteiger partial charge >= 0.3 is 0 Å². The Labute approximate surface area is 155 Å². The van der Waals surface area contributed by atoms with E-state index in [2.05, 4.69) is 39.2 Å². The number of unbranched alkanes of at least 4 members (excludes halogenated alkanes) is 8. The van der Waals surface area contributed by atoms with Gasteiger partial charge in [-0.3, -0.25) is 8.98 Å². The van der Waals surface area contributed by atoms with Gasteiger partial charge in [0.1, 0.15) is 6.61 Å². The van der Waals surface area contributed by atoms with Crippen LogP contribution in [0.2, 0.25) is 0 Å². The highest BCUT2D eigenvalue weighted by molar-refractivity contribution is 7.80. The fourth-order valence-corrected chi connectivity index (χ4v) is 2.12. The number of hydrogen-bond donors (Lipinski definition) is 0. The third-order valence-corrected chi connectivity index (χ3v) is 4.28. The van der Waals surface area contributed by atoms with Crippen molar-refractivity contribution in [3.8, 4) is 0 Å². The van der Waals surface area contributed by atoms with E-state index in [0.29, 0.717) is 0 Å². The molecular formula is C18H39NO5S. The third-order valence-electron chi connectivity index (χ3n) is 3.87. The van der Waals surface area contributed by atoms with Gasteiger partial charge in [0.25, 0.3) is 0 Å². The maximum atomic E-state index is 11.2. The molecule has 7 heteroatoms. The number of quaternary nitrogens is 1. The van der Waals surface area contributed by atoms with Crippen LogP contribution in [-0.2, 0) is 19.4 Å². The first-order valence-corrected chi connectivity index (χ1v) is 10.8. The quantitative estimate of drug-likeness (QED) is 0.198. The lowest BCUT2D eigenvalue weighted by molar-refractivity contribution is -0.868. The number of carbonyl (C=O) groups excluding carboxylic acids is 1. The first-order chi connectivity index (χ1) is 11.5. The van der Waals surface area contributed by atoms with Crippen molar-refractivity contribution in [3.05, 3.63) is 0 Å². The summed E-state index contributed by atoms with van der Waals surface area (Å²) in [5.41, 5.74) is 0. The monoisotopic (exact) mass is 381 g/mol. The van der Waals surface area contributed by atoms with E-state index in [0.717, 1.165) is 23.7 Å². The van der Waals surface area contributed by atoms with Gasteiger partial charge in [0.15, 0.2) is 5.78 Å². The number of rotatable bonds is 14. The predicted octanol–water partition coefficient (Wildman–Crippen LogP) is 3.67. The molecule has 0 unspecified atom stereocenters. The Morgan fingerprint density at radius 1 is 0.880 bits per heavy atom. The van der Waals surface area contributed by atoms with Crippen LogP contribution in [0.5, 0.6) is 0 Å². The third kappa shape index (κ3) is 28.6. The van der Waals surface area contributed by atoms with Crippen LogP contribution in [0.4, 0.5) is 0 Å². The second kappa shape index (κ2) is 15.7. The molecule has 25 heavy (non-hydrogen) atoms. The zero-order valence-electron chi connectivity index (χ0n) is 16.9. The maximum absolute atomic E-state index is 11.2. The van der Waals surface area contributed by atoms with E-state index in [9.17, 15) is 17.8 Å². The van der Waals surface area contributed by atoms with E-state index in [-0.39, 0.29) is 12.2 Å².